The van der Waals surface area contributed by atoms with E-state index in [1.54, 1.807) is 0 Å². The molecule has 0 aromatic heterocycles. The molecule has 84 valence electrons. The molecule has 16 heavy (non-hydrogen) atoms. The molecule has 1 saturated heterocycles. The summed E-state index contributed by atoms with van der Waals surface area (Å²) in [5, 5.41) is 0. The Morgan fingerprint density at radius 3 is 2.62 bits per heavy atom. The third kappa shape index (κ3) is 1.53. The quantitative estimate of drug-likeness (QED) is 0.675. The van der Waals surface area contributed by atoms with Crippen LogP contribution in [0.25, 0.3) is 0 Å². The fraction of sp³-hybridized carbons (Fsp3) is 0.500. The van der Waals surface area contributed by atoms with Gasteiger partial charge in [0.05, 0.1) is 5.92 Å². The van der Waals surface area contributed by atoms with Crippen molar-refractivity contribution in [1.29, 1.82) is 0 Å². The van der Waals surface area contributed by atoms with Crippen LogP contribution in [0.3, 0.4) is 0 Å². The minimum atomic E-state index is -0.0110. The van der Waals surface area contributed by atoms with Crippen LogP contribution in [0.4, 0.5) is 0 Å². The van der Waals surface area contributed by atoms with Crippen molar-refractivity contribution in [3.63, 3.8) is 0 Å². The summed E-state index contributed by atoms with van der Waals surface area (Å²) in [5.41, 5.74) is 1.13. The standard InChI is InChI=1S/C14H16O2/c15-14-13(10-6-2-1-3-7-10)11-8-4-5-9-12(11)16-14/h1-3,6-7,11-13H,4-5,8-9H2. The number of hydrogen-bond acceptors (Lipinski definition) is 2. The van der Waals surface area contributed by atoms with Crippen LogP contribution in [0.5, 0.6) is 0 Å². The molecule has 0 amide bonds. The summed E-state index contributed by atoms with van der Waals surface area (Å²) in [6.45, 7) is 0. The lowest BCUT2D eigenvalue weighted by Crippen LogP contribution is -2.23. The van der Waals surface area contributed by atoms with Gasteiger partial charge in [-0.05, 0) is 24.8 Å². The molecule has 2 fully saturated rings. The molecule has 2 aliphatic rings. The molecule has 0 spiro atoms. The lowest BCUT2D eigenvalue weighted by Gasteiger charge is -2.25. The number of hydrogen-bond donors (Lipinski definition) is 0. The second kappa shape index (κ2) is 3.93. The summed E-state index contributed by atoms with van der Waals surface area (Å²) in [6.07, 6.45) is 4.82. The summed E-state index contributed by atoms with van der Waals surface area (Å²) in [5.74, 6) is 0.401. The van der Waals surface area contributed by atoms with E-state index in [4.69, 9.17) is 4.74 Å². The molecule has 3 unspecified atom stereocenters. The molecule has 3 atom stereocenters. The molecule has 1 aromatic rings. The van der Waals surface area contributed by atoms with E-state index in [0.29, 0.717) is 5.92 Å². The molecule has 1 heterocycles. The highest BCUT2D eigenvalue weighted by atomic mass is 16.6. The maximum atomic E-state index is 11.9. The highest BCUT2D eigenvalue weighted by Crippen LogP contribution is 2.43. The first-order valence-electron chi connectivity index (χ1n) is 6.12. The van der Waals surface area contributed by atoms with Crippen LogP contribution in [0.15, 0.2) is 30.3 Å². The van der Waals surface area contributed by atoms with Gasteiger partial charge in [0.2, 0.25) is 0 Å². The van der Waals surface area contributed by atoms with Crippen molar-refractivity contribution in [2.45, 2.75) is 37.7 Å². The van der Waals surface area contributed by atoms with Gasteiger partial charge in [-0.1, -0.05) is 36.8 Å². The molecule has 1 saturated carbocycles. The zero-order chi connectivity index (χ0) is 11.0. The van der Waals surface area contributed by atoms with Crippen molar-refractivity contribution in [2.75, 3.05) is 0 Å². The van der Waals surface area contributed by atoms with Crippen molar-refractivity contribution in [1.82, 2.24) is 0 Å². The van der Waals surface area contributed by atoms with E-state index < -0.39 is 0 Å². The molecule has 1 aromatic carbocycles. The largest absolute Gasteiger partial charge is 0.462 e. The number of fused-ring (bicyclic) bond motifs is 1. The van der Waals surface area contributed by atoms with Gasteiger partial charge in [0.25, 0.3) is 0 Å². The van der Waals surface area contributed by atoms with Gasteiger partial charge in [0.1, 0.15) is 6.10 Å². The first-order valence-corrected chi connectivity index (χ1v) is 6.12. The summed E-state index contributed by atoms with van der Waals surface area (Å²) in [6, 6.07) is 10.1. The van der Waals surface area contributed by atoms with E-state index in [2.05, 4.69) is 0 Å². The summed E-state index contributed by atoms with van der Waals surface area (Å²) in [7, 11) is 0. The number of esters is 1. The second-order valence-electron chi connectivity index (χ2n) is 4.81. The van der Waals surface area contributed by atoms with E-state index in [0.717, 1.165) is 18.4 Å². The summed E-state index contributed by atoms with van der Waals surface area (Å²) in [4.78, 5) is 11.9. The maximum Gasteiger partial charge on any atom is 0.314 e. The van der Waals surface area contributed by atoms with Gasteiger partial charge in [-0.2, -0.15) is 0 Å². The SMILES string of the molecule is O=C1OC2CCCCC2C1c1ccccc1. The van der Waals surface area contributed by atoms with Gasteiger partial charge in [-0.15, -0.1) is 0 Å². The topological polar surface area (TPSA) is 26.3 Å². The van der Waals surface area contributed by atoms with Gasteiger partial charge in [0.15, 0.2) is 0 Å². The van der Waals surface area contributed by atoms with Gasteiger partial charge in [-0.25, -0.2) is 0 Å². The zero-order valence-electron chi connectivity index (χ0n) is 9.26. The fourth-order valence-electron chi connectivity index (χ4n) is 3.09. The lowest BCUT2D eigenvalue weighted by molar-refractivity contribution is -0.142. The smallest absolute Gasteiger partial charge is 0.314 e. The predicted molar refractivity (Wildman–Crippen MR) is 61.0 cm³/mol. The molecular weight excluding hydrogens is 200 g/mol. The zero-order valence-corrected chi connectivity index (χ0v) is 9.26. The monoisotopic (exact) mass is 216 g/mol. The Kier molecular flexibility index (Phi) is 2.43. The number of rotatable bonds is 1. The van der Waals surface area contributed by atoms with Crippen molar-refractivity contribution in [3.05, 3.63) is 35.9 Å². The molecule has 2 heteroatoms. The predicted octanol–water partition coefficient (Wildman–Crippen LogP) is 2.89. The molecule has 3 rings (SSSR count). The normalized spacial score (nSPS) is 33.2. The van der Waals surface area contributed by atoms with Crippen molar-refractivity contribution < 1.29 is 9.53 Å². The van der Waals surface area contributed by atoms with E-state index in [9.17, 15) is 4.79 Å². The van der Waals surface area contributed by atoms with Crippen LogP contribution in [0.2, 0.25) is 0 Å². The highest BCUT2D eigenvalue weighted by molar-refractivity contribution is 5.81. The van der Waals surface area contributed by atoms with Crippen molar-refractivity contribution >= 4 is 5.97 Å². The Hall–Kier alpha value is -1.31. The van der Waals surface area contributed by atoms with Gasteiger partial charge < -0.3 is 4.74 Å². The third-order valence-corrected chi connectivity index (χ3v) is 3.86. The van der Waals surface area contributed by atoms with E-state index in [1.807, 2.05) is 30.3 Å². The molecule has 1 aliphatic carbocycles. The molecule has 0 bridgehead atoms. The maximum absolute atomic E-state index is 11.9. The molecule has 2 nitrogen and oxygen atoms in total. The molecular formula is C14H16O2. The molecule has 1 aliphatic heterocycles. The Labute approximate surface area is 95.6 Å². The second-order valence-corrected chi connectivity index (χ2v) is 4.81. The van der Waals surface area contributed by atoms with E-state index in [-0.39, 0.29) is 18.0 Å². The Morgan fingerprint density at radius 1 is 1.06 bits per heavy atom. The Morgan fingerprint density at radius 2 is 1.81 bits per heavy atom. The van der Waals surface area contributed by atoms with Crippen molar-refractivity contribution in [3.8, 4) is 0 Å². The first kappa shape index (κ1) is 9.88. The summed E-state index contributed by atoms with van der Waals surface area (Å²) >= 11 is 0. The Balaban J connectivity index is 1.91. The number of benzene rings is 1. The number of carbonyl (C=O) groups is 1. The molecule has 0 N–H and O–H groups in total. The van der Waals surface area contributed by atoms with Crippen LogP contribution in [-0.2, 0) is 9.53 Å². The average molecular weight is 216 g/mol. The van der Waals surface area contributed by atoms with Gasteiger partial charge in [-0.3, -0.25) is 4.79 Å². The average Bonchev–Trinajstić information content (AvgIpc) is 2.66. The third-order valence-electron chi connectivity index (χ3n) is 3.86. The van der Waals surface area contributed by atoms with Crippen LogP contribution in [-0.4, -0.2) is 12.1 Å². The van der Waals surface area contributed by atoms with Crippen LogP contribution in [0, 0.1) is 5.92 Å². The van der Waals surface area contributed by atoms with Gasteiger partial charge >= 0.3 is 5.97 Å². The highest BCUT2D eigenvalue weighted by Gasteiger charge is 2.45. The fourth-order valence-corrected chi connectivity index (χ4v) is 3.09. The Bertz CT molecular complexity index is 385. The van der Waals surface area contributed by atoms with E-state index in [1.165, 1.54) is 12.8 Å². The minimum Gasteiger partial charge on any atom is -0.462 e. The van der Waals surface area contributed by atoms with E-state index >= 15 is 0 Å². The molecule has 0 radical (unpaired) electrons. The van der Waals surface area contributed by atoms with Crippen LogP contribution in [0.1, 0.15) is 37.2 Å². The minimum absolute atomic E-state index is 0.00787. The van der Waals surface area contributed by atoms with Crippen molar-refractivity contribution in [2.24, 2.45) is 5.92 Å². The van der Waals surface area contributed by atoms with Crippen LogP contribution >= 0.6 is 0 Å². The van der Waals surface area contributed by atoms with Crippen LogP contribution < -0.4 is 0 Å². The lowest BCUT2D eigenvalue weighted by atomic mass is 9.77. The first-order chi connectivity index (χ1) is 7.86. The van der Waals surface area contributed by atoms with Gasteiger partial charge in [0, 0.05) is 5.92 Å². The number of carbonyl (C=O) groups excluding carboxylic acids is 1. The number of ether oxygens (including phenoxy) is 1. The summed E-state index contributed by atoms with van der Waals surface area (Å²) < 4.78 is 5.49.